The first-order valence-electron chi connectivity index (χ1n) is 8.03. The molecule has 1 unspecified atom stereocenters. The second-order valence-electron chi connectivity index (χ2n) is 5.98. The minimum Gasteiger partial charge on any atom is -0.312 e. The third-order valence-corrected chi connectivity index (χ3v) is 7.55. The first-order chi connectivity index (χ1) is 11.9. The molecule has 1 saturated heterocycles. The van der Waals surface area contributed by atoms with Gasteiger partial charge >= 0.3 is 0 Å². The zero-order valence-electron chi connectivity index (χ0n) is 13.7. The van der Waals surface area contributed by atoms with Gasteiger partial charge in [-0.2, -0.15) is 0 Å². The van der Waals surface area contributed by atoms with Crippen molar-refractivity contribution in [3.8, 4) is 0 Å². The van der Waals surface area contributed by atoms with Crippen molar-refractivity contribution in [3.05, 3.63) is 46.3 Å². The maximum absolute atomic E-state index is 12.4. The van der Waals surface area contributed by atoms with Crippen LogP contribution in [0.5, 0.6) is 0 Å². The van der Waals surface area contributed by atoms with Gasteiger partial charge in [-0.3, -0.25) is 4.79 Å². The highest BCUT2D eigenvalue weighted by Crippen LogP contribution is 2.27. The Labute approximate surface area is 156 Å². The molecular weight excluding hydrogens is 380 g/mol. The number of hydrogen-bond acceptors (Lipinski definition) is 4. The first-order valence-corrected chi connectivity index (χ1v) is 10.7. The van der Waals surface area contributed by atoms with Gasteiger partial charge in [-0.05, 0) is 48.7 Å². The van der Waals surface area contributed by atoms with Crippen molar-refractivity contribution in [2.45, 2.75) is 24.0 Å². The molecule has 1 amide bonds. The fourth-order valence-electron chi connectivity index (χ4n) is 2.78. The van der Waals surface area contributed by atoms with Crippen LogP contribution in [0, 0.1) is 5.92 Å². The summed E-state index contributed by atoms with van der Waals surface area (Å²) in [4.78, 5) is 14.9. The van der Waals surface area contributed by atoms with Gasteiger partial charge in [0, 0.05) is 35.1 Å². The Balaban J connectivity index is 1.62. The van der Waals surface area contributed by atoms with E-state index in [0.717, 1.165) is 17.0 Å². The lowest BCUT2D eigenvalue weighted by atomic mass is 10.1. The molecule has 5 nitrogen and oxygen atoms in total. The molecule has 0 saturated carbocycles. The average Bonchev–Trinajstić information content (AvgIpc) is 3.21. The number of amides is 1. The third kappa shape index (κ3) is 4.23. The third-order valence-electron chi connectivity index (χ3n) is 4.16. The van der Waals surface area contributed by atoms with Crippen LogP contribution in [-0.4, -0.2) is 27.4 Å². The van der Waals surface area contributed by atoms with E-state index in [1.165, 1.54) is 11.3 Å². The fourth-order valence-corrected chi connectivity index (χ4v) is 5.36. The molecule has 8 heteroatoms. The predicted molar refractivity (Wildman–Crippen MR) is 101 cm³/mol. The lowest BCUT2D eigenvalue weighted by molar-refractivity contribution is -0.117. The van der Waals surface area contributed by atoms with Gasteiger partial charge < -0.3 is 4.90 Å². The molecule has 1 atom stereocenters. The van der Waals surface area contributed by atoms with E-state index in [2.05, 4.69) is 4.72 Å². The van der Waals surface area contributed by atoms with Crippen LogP contribution < -0.4 is 9.62 Å². The Kier molecular flexibility index (Phi) is 5.48. The molecule has 1 aromatic carbocycles. The van der Waals surface area contributed by atoms with Crippen LogP contribution in [0.25, 0.3) is 0 Å². The number of sulfonamides is 1. The summed E-state index contributed by atoms with van der Waals surface area (Å²) in [5.41, 5.74) is 0.783. The number of anilines is 1. The minimum absolute atomic E-state index is 0.00378. The van der Waals surface area contributed by atoms with E-state index in [-0.39, 0.29) is 18.4 Å². The Hall–Kier alpha value is -1.41. The summed E-state index contributed by atoms with van der Waals surface area (Å²) in [6, 6.07) is 10.5. The zero-order valence-corrected chi connectivity index (χ0v) is 16.1. The van der Waals surface area contributed by atoms with Crippen molar-refractivity contribution in [3.63, 3.8) is 0 Å². The summed E-state index contributed by atoms with van der Waals surface area (Å²) in [6.07, 6.45) is 1.14. The molecule has 0 aliphatic carbocycles. The van der Waals surface area contributed by atoms with Crippen LogP contribution in [0.1, 0.15) is 18.2 Å². The van der Waals surface area contributed by atoms with Gasteiger partial charge in [0.05, 0.1) is 0 Å². The Morgan fingerprint density at radius 3 is 2.60 bits per heavy atom. The number of carbonyl (C=O) groups excluding carboxylic acids is 1. The summed E-state index contributed by atoms with van der Waals surface area (Å²) >= 11 is 7.16. The molecule has 0 radical (unpaired) electrons. The van der Waals surface area contributed by atoms with Crippen LogP contribution in [0.4, 0.5) is 5.69 Å². The van der Waals surface area contributed by atoms with Gasteiger partial charge in [0.15, 0.2) is 0 Å². The molecule has 1 N–H and O–H groups in total. The molecule has 134 valence electrons. The molecule has 0 spiro atoms. The molecular formula is C17H19ClN2O3S2. The zero-order chi connectivity index (χ0) is 18.0. The van der Waals surface area contributed by atoms with Crippen molar-refractivity contribution < 1.29 is 13.2 Å². The molecule has 2 heterocycles. The second-order valence-corrected chi connectivity index (χ2v) is 9.58. The average molecular weight is 399 g/mol. The van der Waals surface area contributed by atoms with Gasteiger partial charge in [0.2, 0.25) is 15.9 Å². The molecule has 0 bridgehead atoms. The number of nitrogens with one attached hydrogen (secondary N) is 1. The molecule has 1 aliphatic heterocycles. The number of benzene rings is 1. The summed E-state index contributed by atoms with van der Waals surface area (Å²) < 4.78 is 27.7. The van der Waals surface area contributed by atoms with E-state index in [9.17, 15) is 13.2 Å². The van der Waals surface area contributed by atoms with Gasteiger partial charge in [-0.25, -0.2) is 13.1 Å². The summed E-state index contributed by atoms with van der Waals surface area (Å²) in [5.74, 6) is -0.0560. The van der Waals surface area contributed by atoms with E-state index in [4.69, 9.17) is 11.6 Å². The smallest absolute Gasteiger partial charge is 0.250 e. The van der Waals surface area contributed by atoms with Crippen LogP contribution in [0.2, 0.25) is 5.02 Å². The standard InChI is InChI=1S/C17H19ClN2O3S2/c1-2-15-7-8-17(24-15)25(22,23)19-10-12-9-16(21)20(11-12)14-5-3-13(18)4-6-14/h3-8,12,19H,2,9-11H2,1H3. The van der Waals surface area contributed by atoms with Crippen molar-refractivity contribution >= 4 is 44.6 Å². The highest BCUT2D eigenvalue weighted by atomic mass is 35.5. The number of aryl methyl sites for hydroxylation is 1. The predicted octanol–water partition coefficient (Wildman–Crippen LogP) is 3.30. The molecule has 1 aromatic heterocycles. The van der Waals surface area contributed by atoms with Crippen LogP contribution >= 0.6 is 22.9 Å². The van der Waals surface area contributed by atoms with Gasteiger partial charge in [0.25, 0.3) is 0 Å². The Morgan fingerprint density at radius 1 is 1.24 bits per heavy atom. The van der Waals surface area contributed by atoms with Gasteiger partial charge in [-0.15, -0.1) is 11.3 Å². The summed E-state index contributed by atoms with van der Waals surface area (Å²) in [6.45, 7) is 2.73. The SMILES string of the molecule is CCc1ccc(S(=O)(=O)NCC2CC(=O)N(c3ccc(Cl)cc3)C2)s1. The molecule has 25 heavy (non-hydrogen) atoms. The van der Waals surface area contributed by atoms with Crippen molar-refractivity contribution in [2.75, 3.05) is 18.0 Å². The lowest BCUT2D eigenvalue weighted by Crippen LogP contribution is -2.31. The van der Waals surface area contributed by atoms with Gasteiger partial charge in [0.1, 0.15) is 4.21 Å². The quantitative estimate of drug-likeness (QED) is 0.811. The van der Waals surface area contributed by atoms with E-state index in [0.29, 0.717) is 22.2 Å². The number of carbonyl (C=O) groups is 1. The van der Waals surface area contributed by atoms with E-state index < -0.39 is 10.0 Å². The maximum Gasteiger partial charge on any atom is 0.250 e. The van der Waals surface area contributed by atoms with Crippen molar-refractivity contribution in [2.24, 2.45) is 5.92 Å². The van der Waals surface area contributed by atoms with E-state index in [1.807, 2.05) is 13.0 Å². The number of thiophene rings is 1. The number of rotatable bonds is 6. The lowest BCUT2D eigenvalue weighted by Gasteiger charge is -2.17. The minimum atomic E-state index is -3.52. The van der Waals surface area contributed by atoms with Crippen LogP contribution in [-0.2, 0) is 21.2 Å². The monoisotopic (exact) mass is 398 g/mol. The van der Waals surface area contributed by atoms with E-state index >= 15 is 0 Å². The summed E-state index contributed by atoms with van der Waals surface area (Å²) in [5, 5.41) is 0.613. The number of halogens is 1. The van der Waals surface area contributed by atoms with Crippen molar-refractivity contribution in [1.82, 2.24) is 4.72 Å². The van der Waals surface area contributed by atoms with E-state index in [1.54, 1.807) is 35.2 Å². The van der Waals surface area contributed by atoms with Gasteiger partial charge in [-0.1, -0.05) is 18.5 Å². The maximum atomic E-state index is 12.4. The second kappa shape index (κ2) is 7.45. The highest BCUT2D eigenvalue weighted by Gasteiger charge is 2.31. The first kappa shape index (κ1) is 18.4. The Morgan fingerprint density at radius 2 is 1.96 bits per heavy atom. The normalized spacial score (nSPS) is 18.1. The fraction of sp³-hybridized carbons (Fsp3) is 0.353. The summed E-state index contributed by atoms with van der Waals surface area (Å²) in [7, 11) is -3.52. The topological polar surface area (TPSA) is 66.5 Å². The Bertz CT molecular complexity index is 862. The van der Waals surface area contributed by atoms with Crippen LogP contribution in [0.15, 0.2) is 40.6 Å². The number of hydrogen-bond donors (Lipinski definition) is 1. The molecule has 3 rings (SSSR count). The van der Waals surface area contributed by atoms with Crippen molar-refractivity contribution in [1.29, 1.82) is 0 Å². The molecule has 2 aromatic rings. The molecule has 1 aliphatic rings. The van der Waals surface area contributed by atoms with Crippen LogP contribution in [0.3, 0.4) is 0 Å². The largest absolute Gasteiger partial charge is 0.312 e. The highest BCUT2D eigenvalue weighted by molar-refractivity contribution is 7.91. The number of nitrogens with zero attached hydrogens (tertiary/aromatic N) is 1. The molecule has 1 fully saturated rings.